The van der Waals surface area contributed by atoms with Crippen LogP contribution in [0.4, 0.5) is 5.69 Å². The van der Waals surface area contributed by atoms with Crippen LogP contribution in [0.2, 0.25) is 5.02 Å². The molecule has 6 rings (SSSR count). The Labute approximate surface area is 210 Å². The van der Waals surface area contributed by atoms with E-state index in [4.69, 9.17) is 16.7 Å². The van der Waals surface area contributed by atoms with Gasteiger partial charge in [0.05, 0.1) is 23.0 Å². The van der Waals surface area contributed by atoms with Crippen LogP contribution in [0, 0.1) is 0 Å². The van der Waals surface area contributed by atoms with Crippen molar-refractivity contribution in [2.45, 2.75) is 12.5 Å². The smallest absolute Gasteiger partial charge is 0.295 e. The third-order valence-corrected chi connectivity index (χ3v) is 7.57. The van der Waals surface area contributed by atoms with E-state index in [0.717, 1.165) is 26.9 Å². The second kappa shape index (κ2) is 8.45. The fraction of sp³-hybridized carbons (Fsp3) is 0.111. The van der Waals surface area contributed by atoms with Gasteiger partial charge in [-0.05, 0) is 40.4 Å². The summed E-state index contributed by atoms with van der Waals surface area (Å²) in [6, 6.07) is 22.4. The number of benzene rings is 3. The summed E-state index contributed by atoms with van der Waals surface area (Å²) in [6.45, 7) is -0.284. The van der Waals surface area contributed by atoms with Crippen molar-refractivity contribution in [3.8, 4) is 0 Å². The lowest BCUT2D eigenvalue weighted by Crippen LogP contribution is -2.40. The van der Waals surface area contributed by atoms with Gasteiger partial charge in [-0.3, -0.25) is 19.3 Å². The maximum atomic E-state index is 13.6. The van der Waals surface area contributed by atoms with Gasteiger partial charge in [0.2, 0.25) is 0 Å². The normalized spacial score (nSPS) is 17.3. The number of Topliss-reactive ketones (excluding diaryl/α,β-unsaturated/α-hetero) is 1. The second-order valence-electron chi connectivity index (χ2n) is 8.43. The molecule has 0 saturated carbocycles. The number of hydrogen-bond donors (Lipinski definition) is 0. The number of amides is 2. The Morgan fingerprint density at radius 3 is 2.66 bits per heavy atom. The summed E-state index contributed by atoms with van der Waals surface area (Å²) >= 11 is 7.57. The summed E-state index contributed by atoms with van der Waals surface area (Å²) in [6.07, 6.45) is 0.555. The maximum absolute atomic E-state index is 13.6. The van der Waals surface area contributed by atoms with Gasteiger partial charge in [0.25, 0.3) is 17.6 Å². The Morgan fingerprint density at radius 1 is 1.00 bits per heavy atom. The molecule has 1 atom stereocenters. The zero-order valence-corrected chi connectivity index (χ0v) is 19.9. The molecular weight excluding hydrogens is 482 g/mol. The summed E-state index contributed by atoms with van der Waals surface area (Å²) in [7, 11) is 0. The minimum Gasteiger partial charge on any atom is -0.295 e. The van der Waals surface area contributed by atoms with E-state index in [2.05, 4.69) is 0 Å². The first kappa shape index (κ1) is 21.7. The van der Waals surface area contributed by atoms with Gasteiger partial charge in [-0.1, -0.05) is 60.1 Å². The van der Waals surface area contributed by atoms with E-state index in [1.807, 2.05) is 60.0 Å². The molecule has 3 heterocycles. The molecule has 8 heteroatoms. The molecule has 0 radical (unpaired) electrons. The Hall–Kier alpha value is -3.81. The van der Waals surface area contributed by atoms with Gasteiger partial charge in [0, 0.05) is 21.9 Å². The topological polar surface area (TPSA) is 70.1 Å². The second-order valence-corrected chi connectivity index (χ2v) is 9.84. The van der Waals surface area contributed by atoms with Crippen molar-refractivity contribution in [3.05, 3.63) is 99.2 Å². The number of nitrogens with zero attached hydrogens (tertiary/aromatic N) is 3. The number of hydrazone groups is 1. The molecule has 172 valence electrons. The highest BCUT2D eigenvalue weighted by Gasteiger charge is 2.40. The number of halogens is 1. The number of anilines is 1. The van der Waals surface area contributed by atoms with Crippen LogP contribution in [0.5, 0.6) is 0 Å². The van der Waals surface area contributed by atoms with Gasteiger partial charge in [0.15, 0.2) is 0 Å². The molecule has 4 aromatic rings. The molecule has 1 aromatic heterocycles. The molecule has 0 fully saturated rings. The molecule has 2 aliphatic heterocycles. The number of rotatable bonds is 4. The Kier molecular flexibility index (Phi) is 5.24. The summed E-state index contributed by atoms with van der Waals surface area (Å²) in [5.74, 6) is -1.75. The van der Waals surface area contributed by atoms with Gasteiger partial charge in [-0.2, -0.15) is 5.10 Å². The van der Waals surface area contributed by atoms with E-state index >= 15 is 0 Å². The average molecular weight is 500 g/mol. The SMILES string of the molecule is O=C1C(=O)N(CC(=O)N2N=C(c3cccc4ccccc34)CC2c2cccs2)c2ccc(Cl)cc21. The Bertz CT molecular complexity index is 1540. The van der Waals surface area contributed by atoms with Crippen LogP contribution in [0.1, 0.15) is 33.3 Å². The third kappa shape index (κ3) is 3.64. The largest absolute Gasteiger partial charge is 0.299 e. The average Bonchev–Trinajstić information content (AvgIpc) is 3.60. The van der Waals surface area contributed by atoms with Crippen molar-refractivity contribution < 1.29 is 14.4 Å². The molecule has 0 spiro atoms. The van der Waals surface area contributed by atoms with Crippen LogP contribution in [0.15, 0.2) is 83.3 Å². The quantitative estimate of drug-likeness (QED) is 0.350. The molecule has 0 N–H and O–H groups in total. The molecule has 6 nitrogen and oxygen atoms in total. The number of hydrogen-bond acceptors (Lipinski definition) is 5. The Balaban J connectivity index is 1.37. The van der Waals surface area contributed by atoms with Crippen LogP contribution in [-0.4, -0.2) is 34.9 Å². The summed E-state index contributed by atoms with van der Waals surface area (Å²) in [5.41, 5.74) is 2.39. The monoisotopic (exact) mass is 499 g/mol. The molecule has 0 aliphatic carbocycles. The summed E-state index contributed by atoms with van der Waals surface area (Å²) in [5, 5.41) is 10.7. The van der Waals surface area contributed by atoms with Crippen molar-refractivity contribution in [1.29, 1.82) is 0 Å². The zero-order valence-electron chi connectivity index (χ0n) is 18.3. The molecule has 0 saturated heterocycles. The summed E-state index contributed by atoms with van der Waals surface area (Å²) < 4.78 is 0. The third-order valence-electron chi connectivity index (χ3n) is 6.36. The minimum absolute atomic E-state index is 0.214. The first-order chi connectivity index (χ1) is 17.0. The highest BCUT2D eigenvalue weighted by Crippen LogP contribution is 2.37. The fourth-order valence-corrected chi connectivity index (χ4v) is 5.70. The van der Waals surface area contributed by atoms with Crippen LogP contribution in [0.25, 0.3) is 10.8 Å². The summed E-state index contributed by atoms with van der Waals surface area (Å²) in [4.78, 5) is 41.0. The number of carbonyl (C=O) groups is 3. The van der Waals surface area contributed by atoms with Gasteiger partial charge >= 0.3 is 0 Å². The van der Waals surface area contributed by atoms with E-state index in [1.54, 1.807) is 23.5 Å². The number of carbonyl (C=O) groups excluding carboxylic acids is 3. The van der Waals surface area contributed by atoms with Crippen LogP contribution >= 0.6 is 22.9 Å². The first-order valence-corrected chi connectivity index (χ1v) is 12.3. The van der Waals surface area contributed by atoms with E-state index in [9.17, 15) is 14.4 Å². The molecule has 2 aliphatic rings. The molecule has 35 heavy (non-hydrogen) atoms. The zero-order chi connectivity index (χ0) is 24.1. The van der Waals surface area contributed by atoms with Crippen LogP contribution in [-0.2, 0) is 9.59 Å². The Morgan fingerprint density at radius 2 is 1.83 bits per heavy atom. The highest BCUT2D eigenvalue weighted by atomic mass is 35.5. The lowest BCUT2D eigenvalue weighted by Gasteiger charge is -2.23. The van der Waals surface area contributed by atoms with Crippen molar-refractivity contribution in [3.63, 3.8) is 0 Å². The lowest BCUT2D eigenvalue weighted by atomic mass is 9.97. The fourth-order valence-electron chi connectivity index (χ4n) is 4.72. The molecule has 0 bridgehead atoms. The van der Waals surface area contributed by atoms with Crippen molar-refractivity contribution in [2.24, 2.45) is 5.10 Å². The van der Waals surface area contributed by atoms with Gasteiger partial charge < -0.3 is 0 Å². The molecule has 1 unspecified atom stereocenters. The van der Waals surface area contributed by atoms with Gasteiger partial charge in [0.1, 0.15) is 6.54 Å². The molecular formula is C27H18ClN3O3S. The maximum Gasteiger partial charge on any atom is 0.299 e. The van der Waals surface area contributed by atoms with Crippen LogP contribution in [0.3, 0.4) is 0 Å². The van der Waals surface area contributed by atoms with E-state index in [1.165, 1.54) is 16.0 Å². The standard InChI is InChI=1S/C27H18ClN3O3S/c28-17-10-11-22-20(13-17)26(33)27(34)30(22)15-25(32)31-23(24-9-4-12-35-24)14-21(29-31)19-8-3-6-16-5-1-2-7-18(16)19/h1-13,23H,14-15H2. The van der Waals surface area contributed by atoms with Crippen molar-refractivity contribution in [2.75, 3.05) is 11.4 Å². The first-order valence-electron chi connectivity index (χ1n) is 11.1. The van der Waals surface area contributed by atoms with Crippen molar-refractivity contribution in [1.82, 2.24) is 5.01 Å². The van der Waals surface area contributed by atoms with E-state index in [-0.39, 0.29) is 24.1 Å². The van der Waals surface area contributed by atoms with Gasteiger partial charge in [-0.25, -0.2) is 5.01 Å². The predicted octanol–water partition coefficient (Wildman–Crippen LogP) is 5.46. The van der Waals surface area contributed by atoms with Crippen LogP contribution < -0.4 is 4.90 Å². The highest BCUT2D eigenvalue weighted by molar-refractivity contribution is 7.10. The minimum atomic E-state index is -0.735. The molecule has 2 amide bonds. The number of thiophene rings is 1. The van der Waals surface area contributed by atoms with Crippen molar-refractivity contribution >= 4 is 62.7 Å². The predicted molar refractivity (Wildman–Crippen MR) is 137 cm³/mol. The van der Waals surface area contributed by atoms with E-state index < -0.39 is 11.7 Å². The lowest BCUT2D eigenvalue weighted by molar-refractivity contribution is -0.132. The van der Waals surface area contributed by atoms with E-state index in [0.29, 0.717) is 17.1 Å². The number of ketones is 1. The van der Waals surface area contributed by atoms with Gasteiger partial charge in [-0.15, -0.1) is 11.3 Å². The molecule has 3 aromatic carbocycles. The number of fused-ring (bicyclic) bond motifs is 2.